The molecule has 0 spiro atoms. The van der Waals surface area contributed by atoms with Gasteiger partial charge in [0.1, 0.15) is 0 Å². The highest BCUT2D eigenvalue weighted by molar-refractivity contribution is 5.86. The lowest BCUT2D eigenvalue weighted by Crippen LogP contribution is -2.39. The Labute approximate surface area is 252 Å². The zero-order chi connectivity index (χ0) is 29.7. The Balaban J connectivity index is 1.22. The van der Waals surface area contributed by atoms with Crippen molar-refractivity contribution >= 4 is 11.9 Å². The van der Waals surface area contributed by atoms with Crippen LogP contribution in [0, 0.1) is 11.8 Å². The molecule has 1 saturated heterocycles. The third-order valence-electron chi connectivity index (χ3n) is 8.83. The highest BCUT2D eigenvalue weighted by Gasteiger charge is 2.47. The molecule has 2 atom stereocenters. The minimum atomic E-state index is -1.16. The molecule has 0 aromatic heterocycles. The summed E-state index contributed by atoms with van der Waals surface area (Å²) >= 11 is 0. The van der Waals surface area contributed by atoms with Crippen LogP contribution in [0.25, 0.3) is 11.1 Å². The van der Waals surface area contributed by atoms with E-state index in [0.717, 1.165) is 34.9 Å². The Morgan fingerprint density at radius 2 is 1.14 bits per heavy atom. The number of ether oxygens (including phenoxy) is 4. The van der Waals surface area contributed by atoms with Gasteiger partial charge in [-0.3, -0.25) is 0 Å². The molecule has 2 aliphatic rings. The molecule has 6 nitrogen and oxygen atoms in total. The van der Waals surface area contributed by atoms with Crippen molar-refractivity contribution in [1.82, 2.24) is 0 Å². The molecule has 1 heterocycles. The van der Waals surface area contributed by atoms with Crippen molar-refractivity contribution in [3.63, 3.8) is 0 Å². The highest BCUT2D eigenvalue weighted by atomic mass is 16.8. The van der Waals surface area contributed by atoms with Crippen molar-refractivity contribution in [1.29, 1.82) is 0 Å². The standard InChI is InChI=1S/C36H50O6/c1-4-7-8-11-26-14-16-27(17-15-26)12-9-10-13-28-18-20-29(21-19-28)30-22-24-31(25-23-30)36-41-32(34(37)39-5-2)33(42-36)35(38)40-6-3/h18-27,32-33,36H,4-17H2,1-3H3/t26-,27-,32-,33-/m1/s1. The van der Waals surface area contributed by atoms with E-state index in [1.54, 1.807) is 13.8 Å². The first kappa shape index (κ1) is 32.2. The van der Waals surface area contributed by atoms with Gasteiger partial charge in [-0.1, -0.05) is 120 Å². The molecular formula is C36H50O6. The van der Waals surface area contributed by atoms with Crippen molar-refractivity contribution in [2.24, 2.45) is 11.8 Å². The smallest absolute Gasteiger partial charge is 0.338 e. The number of esters is 2. The maximum Gasteiger partial charge on any atom is 0.338 e. The van der Waals surface area contributed by atoms with Crippen LogP contribution < -0.4 is 0 Å². The number of aryl methyl sites for hydroxylation is 1. The molecule has 0 bridgehead atoms. The summed E-state index contributed by atoms with van der Waals surface area (Å²) in [5, 5.41) is 0. The van der Waals surface area contributed by atoms with E-state index >= 15 is 0 Å². The first-order valence-electron chi connectivity index (χ1n) is 16.4. The van der Waals surface area contributed by atoms with Gasteiger partial charge < -0.3 is 18.9 Å². The lowest BCUT2D eigenvalue weighted by molar-refractivity contribution is -0.163. The zero-order valence-corrected chi connectivity index (χ0v) is 25.9. The lowest BCUT2D eigenvalue weighted by atomic mass is 9.78. The lowest BCUT2D eigenvalue weighted by Gasteiger charge is -2.28. The fraction of sp³-hybridized carbons (Fsp3) is 0.611. The third-order valence-corrected chi connectivity index (χ3v) is 8.83. The second-order valence-electron chi connectivity index (χ2n) is 11.9. The van der Waals surface area contributed by atoms with Gasteiger partial charge in [-0.25, -0.2) is 9.59 Å². The van der Waals surface area contributed by atoms with Crippen molar-refractivity contribution in [2.75, 3.05) is 13.2 Å². The second-order valence-corrected chi connectivity index (χ2v) is 11.9. The van der Waals surface area contributed by atoms with Crippen LogP contribution in [0.5, 0.6) is 0 Å². The summed E-state index contributed by atoms with van der Waals surface area (Å²) in [7, 11) is 0. The number of hydrogen-bond acceptors (Lipinski definition) is 6. The van der Waals surface area contributed by atoms with E-state index in [1.807, 2.05) is 24.3 Å². The van der Waals surface area contributed by atoms with E-state index in [-0.39, 0.29) is 13.2 Å². The van der Waals surface area contributed by atoms with Gasteiger partial charge in [-0.15, -0.1) is 0 Å². The predicted molar refractivity (Wildman–Crippen MR) is 165 cm³/mol. The van der Waals surface area contributed by atoms with E-state index in [4.69, 9.17) is 18.9 Å². The molecule has 0 amide bonds. The van der Waals surface area contributed by atoms with Crippen molar-refractivity contribution in [3.8, 4) is 11.1 Å². The summed E-state index contributed by atoms with van der Waals surface area (Å²) in [6, 6.07) is 16.7. The molecule has 0 N–H and O–H groups in total. The fourth-order valence-corrected chi connectivity index (χ4v) is 6.36. The number of benzene rings is 2. The zero-order valence-electron chi connectivity index (χ0n) is 25.9. The predicted octanol–water partition coefficient (Wildman–Crippen LogP) is 8.36. The summed E-state index contributed by atoms with van der Waals surface area (Å²) < 4.78 is 21.8. The Morgan fingerprint density at radius 1 is 0.667 bits per heavy atom. The van der Waals surface area contributed by atoms with Gasteiger partial charge in [0, 0.05) is 5.56 Å². The molecule has 0 radical (unpaired) electrons. The molecule has 2 fully saturated rings. The Hall–Kier alpha value is -2.70. The van der Waals surface area contributed by atoms with Crippen molar-refractivity contribution in [3.05, 3.63) is 59.7 Å². The molecule has 2 aromatic rings. The molecule has 2 aromatic carbocycles. The number of rotatable bonds is 15. The average Bonchev–Trinajstić information content (AvgIpc) is 3.47. The minimum absolute atomic E-state index is 0.187. The van der Waals surface area contributed by atoms with Gasteiger partial charge in [0.15, 0.2) is 18.5 Å². The van der Waals surface area contributed by atoms with Crippen LogP contribution in [0.2, 0.25) is 0 Å². The van der Waals surface area contributed by atoms with Gasteiger partial charge >= 0.3 is 11.9 Å². The van der Waals surface area contributed by atoms with Gasteiger partial charge in [-0.05, 0) is 55.2 Å². The minimum Gasteiger partial charge on any atom is -0.464 e. The Morgan fingerprint density at radius 3 is 1.62 bits per heavy atom. The maximum atomic E-state index is 12.4. The highest BCUT2D eigenvalue weighted by Crippen LogP contribution is 2.35. The molecular weight excluding hydrogens is 528 g/mol. The van der Waals surface area contributed by atoms with Crippen LogP contribution in [0.4, 0.5) is 0 Å². The van der Waals surface area contributed by atoms with Gasteiger partial charge in [0.05, 0.1) is 13.2 Å². The number of unbranched alkanes of at least 4 members (excludes halogenated alkanes) is 3. The largest absolute Gasteiger partial charge is 0.464 e. The molecule has 1 saturated carbocycles. The molecule has 1 aliphatic carbocycles. The normalized spacial score (nSPS) is 22.6. The Kier molecular flexibility index (Phi) is 12.9. The number of carbonyl (C=O) groups is 2. The van der Waals surface area contributed by atoms with Crippen LogP contribution in [0.15, 0.2) is 48.5 Å². The van der Waals surface area contributed by atoms with Gasteiger partial charge in [0.25, 0.3) is 0 Å². The van der Waals surface area contributed by atoms with E-state index < -0.39 is 30.4 Å². The SMILES string of the molecule is CCCCC[C@H]1CC[C@H](CCCCc2ccc(-c3ccc(C4O[C@@H](C(=O)OCC)[C@H](C(=O)OCC)O4)cc3)cc2)CC1. The number of hydrogen-bond donors (Lipinski definition) is 0. The molecule has 4 rings (SSSR count). The fourth-order valence-electron chi connectivity index (χ4n) is 6.36. The summed E-state index contributed by atoms with van der Waals surface area (Å²) in [6.07, 6.45) is 13.4. The molecule has 1 aliphatic heterocycles. The van der Waals surface area contributed by atoms with Crippen LogP contribution in [-0.2, 0) is 35.0 Å². The number of carbonyl (C=O) groups excluding carboxylic acids is 2. The molecule has 230 valence electrons. The summed E-state index contributed by atoms with van der Waals surface area (Å²) in [5.41, 5.74) is 4.33. The quantitative estimate of drug-likeness (QED) is 0.156. The topological polar surface area (TPSA) is 71.1 Å². The first-order chi connectivity index (χ1) is 20.5. The van der Waals surface area contributed by atoms with E-state index in [2.05, 4.69) is 31.2 Å². The summed E-state index contributed by atoms with van der Waals surface area (Å²) in [6.45, 7) is 6.08. The van der Waals surface area contributed by atoms with E-state index in [0.29, 0.717) is 0 Å². The van der Waals surface area contributed by atoms with Crippen LogP contribution >= 0.6 is 0 Å². The second kappa shape index (κ2) is 16.8. The van der Waals surface area contributed by atoms with Crippen molar-refractivity contribution < 1.29 is 28.5 Å². The van der Waals surface area contributed by atoms with Crippen LogP contribution in [0.3, 0.4) is 0 Å². The van der Waals surface area contributed by atoms with Crippen LogP contribution in [-0.4, -0.2) is 37.4 Å². The summed E-state index contributed by atoms with van der Waals surface area (Å²) in [5.74, 6) is 0.689. The van der Waals surface area contributed by atoms with Gasteiger partial charge in [0.2, 0.25) is 0 Å². The van der Waals surface area contributed by atoms with Crippen molar-refractivity contribution in [2.45, 2.75) is 116 Å². The van der Waals surface area contributed by atoms with Gasteiger partial charge in [-0.2, -0.15) is 0 Å². The molecule has 6 heteroatoms. The Bertz CT molecular complexity index is 1060. The monoisotopic (exact) mass is 578 g/mol. The summed E-state index contributed by atoms with van der Waals surface area (Å²) in [4.78, 5) is 24.8. The molecule has 0 unspecified atom stereocenters. The molecule has 42 heavy (non-hydrogen) atoms. The van der Waals surface area contributed by atoms with E-state index in [1.165, 1.54) is 76.2 Å². The maximum absolute atomic E-state index is 12.4. The average molecular weight is 579 g/mol. The third kappa shape index (κ3) is 9.15. The van der Waals surface area contributed by atoms with E-state index in [9.17, 15) is 9.59 Å². The first-order valence-corrected chi connectivity index (χ1v) is 16.4. The van der Waals surface area contributed by atoms with Crippen LogP contribution in [0.1, 0.15) is 109 Å².